The van der Waals surface area contributed by atoms with Gasteiger partial charge < -0.3 is 19.6 Å². The highest BCUT2D eigenvalue weighted by Gasteiger charge is 2.41. The second-order valence-electron chi connectivity index (χ2n) is 7.63. The van der Waals surface area contributed by atoms with Crippen molar-refractivity contribution >= 4 is 12.2 Å². The number of likely N-dealkylation sites (tertiary alicyclic amines) is 1. The van der Waals surface area contributed by atoms with Gasteiger partial charge in [-0.2, -0.15) is 0 Å². The van der Waals surface area contributed by atoms with E-state index in [1.54, 1.807) is 0 Å². The third-order valence-corrected chi connectivity index (χ3v) is 4.43. The van der Waals surface area contributed by atoms with Crippen LogP contribution in [0.15, 0.2) is 29.4 Å². The highest BCUT2D eigenvalue weighted by molar-refractivity contribution is 6.04. The van der Waals surface area contributed by atoms with Gasteiger partial charge in [0, 0.05) is 37.9 Å². The fourth-order valence-electron chi connectivity index (χ4n) is 3.00. The molecule has 1 fully saturated rings. The molecular formula is C19H28N2O4. The molecule has 0 amide bonds. The average molecular weight is 348 g/mol. The lowest BCUT2D eigenvalue weighted by molar-refractivity contribution is -0.138. The maximum absolute atomic E-state index is 9.60. The van der Waals surface area contributed by atoms with Gasteiger partial charge in [0.15, 0.2) is 0 Å². The van der Waals surface area contributed by atoms with E-state index in [2.05, 4.69) is 21.8 Å². The van der Waals surface area contributed by atoms with Crippen LogP contribution in [0.1, 0.15) is 45.6 Å². The highest BCUT2D eigenvalue weighted by atomic mass is 16.5. The molecule has 1 aromatic carbocycles. The van der Waals surface area contributed by atoms with Crippen LogP contribution in [0.3, 0.4) is 0 Å². The Morgan fingerprint density at radius 3 is 2.44 bits per heavy atom. The number of benzene rings is 1. The van der Waals surface area contributed by atoms with Crippen molar-refractivity contribution in [2.24, 2.45) is 5.16 Å². The number of piperidine rings is 1. The quantitative estimate of drug-likeness (QED) is 0.480. The maximum atomic E-state index is 9.60. The monoisotopic (exact) mass is 348 g/mol. The van der Waals surface area contributed by atoms with Gasteiger partial charge in [-0.1, -0.05) is 17.3 Å². The summed E-state index contributed by atoms with van der Waals surface area (Å²) in [5.41, 5.74) is 1.18. The minimum Gasteiger partial charge on any atom is -0.486 e. The number of ether oxygens (including phenoxy) is 2. The number of para-hydroxylation sites is 1. The molecule has 0 aromatic heterocycles. The number of oxime groups is 1. The van der Waals surface area contributed by atoms with Gasteiger partial charge in [-0.05, 0) is 40.0 Å². The van der Waals surface area contributed by atoms with Gasteiger partial charge in [-0.3, -0.25) is 4.79 Å². The Kier molecular flexibility index (Phi) is 6.06. The van der Waals surface area contributed by atoms with Crippen LogP contribution in [0.5, 0.6) is 5.75 Å². The third-order valence-electron chi connectivity index (χ3n) is 4.43. The van der Waals surface area contributed by atoms with E-state index in [1.165, 1.54) is 0 Å². The predicted molar refractivity (Wildman–Crippen MR) is 96.4 cm³/mol. The van der Waals surface area contributed by atoms with Gasteiger partial charge in [0.25, 0.3) is 6.47 Å². The molecule has 0 saturated carbocycles. The van der Waals surface area contributed by atoms with Gasteiger partial charge in [0.2, 0.25) is 0 Å². The number of carbonyl (C=O) groups excluding carboxylic acids is 1. The zero-order chi connectivity index (χ0) is 18.5. The summed E-state index contributed by atoms with van der Waals surface area (Å²) in [5.74, 6) is 0.848. The van der Waals surface area contributed by atoms with Crippen molar-refractivity contribution in [3.63, 3.8) is 0 Å². The smallest absolute Gasteiger partial charge is 0.293 e. The van der Waals surface area contributed by atoms with Crippen LogP contribution in [0.2, 0.25) is 0 Å². The summed E-state index contributed by atoms with van der Waals surface area (Å²) in [6.45, 7) is 7.98. The van der Waals surface area contributed by atoms with E-state index in [0.29, 0.717) is 12.9 Å². The minimum absolute atomic E-state index is 0.178. The maximum Gasteiger partial charge on any atom is 0.293 e. The van der Waals surface area contributed by atoms with E-state index in [4.69, 9.17) is 4.74 Å². The van der Waals surface area contributed by atoms with Gasteiger partial charge >= 0.3 is 0 Å². The lowest BCUT2D eigenvalue weighted by Crippen LogP contribution is -2.50. The first kappa shape index (κ1) is 19.2. The first-order valence-electron chi connectivity index (χ1n) is 8.58. The van der Waals surface area contributed by atoms with Crippen molar-refractivity contribution in [2.45, 2.75) is 51.2 Å². The molecule has 1 saturated heterocycles. The minimum atomic E-state index is -0.318. The van der Waals surface area contributed by atoms with Crippen molar-refractivity contribution in [1.29, 1.82) is 0 Å². The molecule has 1 spiro atoms. The molecule has 0 bridgehead atoms. The molecule has 6 nitrogen and oxygen atoms in total. The molecule has 0 unspecified atom stereocenters. The molecule has 2 aliphatic heterocycles. The molecule has 0 atom stereocenters. The van der Waals surface area contributed by atoms with E-state index in [-0.39, 0.29) is 11.2 Å². The lowest BCUT2D eigenvalue weighted by Gasteiger charge is -2.43. The number of hydrogen-bond donors (Lipinski definition) is 1. The van der Waals surface area contributed by atoms with Crippen LogP contribution in [-0.2, 0) is 9.53 Å². The summed E-state index contributed by atoms with van der Waals surface area (Å²) in [4.78, 5) is 11.9. The molecule has 1 aromatic rings. The molecule has 2 heterocycles. The predicted octanol–water partition coefficient (Wildman–Crippen LogP) is 3.07. The topological polar surface area (TPSA) is 71.4 Å². The average Bonchev–Trinajstić information content (AvgIpc) is 2.56. The molecule has 0 aliphatic carbocycles. The summed E-state index contributed by atoms with van der Waals surface area (Å²) < 4.78 is 10.8. The zero-order valence-electron chi connectivity index (χ0n) is 15.5. The van der Waals surface area contributed by atoms with E-state index in [9.17, 15) is 10.0 Å². The van der Waals surface area contributed by atoms with Crippen LogP contribution in [0.25, 0.3) is 0 Å². The Bertz CT molecular complexity index is 614. The SMILES string of the molecule is CC(C)(C)OC=O.CN1CCC2(CC1)C/C(=N\O)c1ccccc1O2. The highest BCUT2D eigenvalue weighted by Crippen LogP contribution is 2.39. The molecular weight excluding hydrogens is 320 g/mol. The number of nitrogens with zero attached hydrogens (tertiary/aromatic N) is 2. The fourth-order valence-corrected chi connectivity index (χ4v) is 3.00. The molecule has 1 N–H and O–H groups in total. The van der Waals surface area contributed by atoms with Crippen molar-refractivity contribution in [2.75, 3.05) is 20.1 Å². The first-order valence-corrected chi connectivity index (χ1v) is 8.58. The molecule has 0 radical (unpaired) electrons. The van der Waals surface area contributed by atoms with Crippen LogP contribution in [0, 0.1) is 0 Å². The standard InChI is InChI=1S/C14H18N2O2.C5H10O2/c1-16-8-6-14(7-9-16)10-12(15-17)11-4-2-3-5-13(11)18-14;1-5(2,3)7-4-6/h2-5,17H,6-10H2,1H3;4H,1-3H3/b15-12+;. The summed E-state index contributed by atoms with van der Waals surface area (Å²) in [5, 5.41) is 12.7. The summed E-state index contributed by atoms with van der Waals surface area (Å²) in [6.07, 6.45) is 2.67. The summed E-state index contributed by atoms with van der Waals surface area (Å²) >= 11 is 0. The van der Waals surface area contributed by atoms with Gasteiger partial charge in [0.05, 0.1) is 5.71 Å². The van der Waals surface area contributed by atoms with Gasteiger partial charge in [-0.25, -0.2) is 0 Å². The largest absolute Gasteiger partial charge is 0.486 e. The van der Waals surface area contributed by atoms with E-state index >= 15 is 0 Å². The second kappa shape index (κ2) is 7.87. The third kappa shape index (κ3) is 5.19. The number of carbonyl (C=O) groups is 1. The fraction of sp³-hybridized carbons (Fsp3) is 0.579. The Labute approximate surface area is 149 Å². The molecule has 6 heteroatoms. The Morgan fingerprint density at radius 1 is 1.28 bits per heavy atom. The number of fused-ring (bicyclic) bond motifs is 1. The van der Waals surface area contributed by atoms with Crippen LogP contribution < -0.4 is 4.74 Å². The van der Waals surface area contributed by atoms with Gasteiger partial charge in [0.1, 0.15) is 17.0 Å². The van der Waals surface area contributed by atoms with Crippen molar-refractivity contribution in [3.8, 4) is 5.75 Å². The van der Waals surface area contributed by atoms with E-state index in [1.807, 2.05) is 45.0 Å². The summed E-state index contributed by atoms with van der Waals surface area (Å²) in [7, 11) is 2.13. The lowest BCUT2D eigenvalue weighted by atomic mass is 9.82. The number of hydrogen-bond acceptors (Lipinski definition) is 6. The van der Waals surface area contributed by atoms with Crippen LogP contribution >= 0.6 is 0 Å². The molecule has 3 rings (SSSR count). The first-order chi connectivity index (χ1) is 11.8. The zero-order valence-corrected chi connectivity index (χ0v) is 15.5. The molecule has 25 heavy (non-hydrogen) atoms. The van der Waals surface area contributed by atoms with Gasteiger partial charge in [-0.15, -0.1) is 0 Å². The number of rotatable bonds is 1. The van der Waals surface area contributed by atoms with Crippen molar-refractivity contribution in [3.05, 3.63) is 29.8 Å². The van der Waals surface area contributed by atoms with Crippen LogP contribution in [-0.4, -0.2) is 53.6 Å². The van der Waals surface area contributed by atoms with E-state index < -0.39 is 0 Å². The molecule has 138 valence electrons. The van der Waals surface area contributed by atoms with Crippen molar-refractivity contribution < 1.29 is 19.5 Å². The Hall–Kier alpha value is -2.08. The Morgan fingerprint density at radius 2 is 1.92 bits per heavy atom. The van der Waals surface area contributed by atoms with Crippen LogP contribution in [0.4, 0.5) is 0 Å². The second-order valence-corrected chi connectivity index (χ2v) is 7.63. The molecule has 2 aliphatic rings. The van der Waals surface area contributed by atoms with Crippen molar-refractivity contribution in [1.82, 2.24) is 4.90 Å². The Balaban J connectivity index is 0.000000277. The summed E-state index contributed by atoms with van der Waals surface area (Å²) in [6, 6.07) is 7.81. The van der Waals surface area contributed by atoms with E-state index in [0.717, 1.165) is 43.0 Å². The normalized spacial score (nSPS) is 20.9.